The molecule has 1 N–H and O–H groups in total. The maximum Gasteiger partial charge on any atom is 0.257 e. The molecule has 1 aliphatic carbocycles. The third-order valence-electron chi connectivity index (χ3n) is 3.70. The minimum atomic E-state index is -0.203. The van der Waals surface area contributed by atoms with Gasteiger partial charge in [0.05, 0.1) is 25.8 Å². The maximum atomic E-state index is 12.2. The number of nitrogens with one attached hydrogen (secondary N) is 1. The van der Waals surface area contributed by atoms with E-state index in [1.807, 2.05) is 17.5 Å². The fourth-order valence-electron chi connectivity index (χ4n) is 2.44. The van der Waals surface area contributed by atoms with E-state index in [4.69, 9.17) is 9.47 Å². The second-order valence-electron chi connectivity index (χ2n) is 5.12. The highest BCUT2D eigenvalue weighted by molar-refractivity contribution is 7.14. The quantitative estimate of drug-likeness (QED) is 0.901. The summed E-state index contributed by atoms with van der Waals surface area (Å²) in [6.07, 6.45) is 7.77. The molecule has 0 radical (unpaired) electrons. The van der Waals surface area contributed by atoms with Crippen LogP contribution in [-0.2, 0) is 9.47 Å². The van der Waals surface area contributed by atoms with Crippen molar-refractivity contribution in [3.05, 3.63) is 64.8 Å². The zero-order chi connectivity index (χ0) is 16.9. The van der Waals surface area contributed by atoms with Crippen molar-refractivity contribution in [2.45, 2.75) is 12.3 Å². The molecular formula is C17H17N3O3S. The predicted molar refractivity (Wildman–Crippen MR) is 91.8 cm³/mol. The lowest BCUT2D eigenvalue weighted by atomic mass is 9.95. The highest BCUT2D eigenvalue weighted by atomic mass is 32.1. The van der Waals surface area contributed by atoms with Crippen molar-refractivity contribution in [2.24, 2.45) is 0 Å². The number of pyridine rings is 1. The van der Waals surface area contributed by atoms with E-state index in [0.717, 1.165) is 23.6 Å². The fraction of sp³-hybridized carbons (Fsp3) is 0.235. The SMILES string of the molecule is COC1=CCC(c2csc(NC(=O)c3ccncc3)n2)C(OC)=C1. The number of rotatable bonds is 5. The van der Waals surface area contributed by atoms with Gasteiger partial charge in [0, 0.05) is 29.4 Å². The molecule has 0 aliphatic heterocycles. The second kappa shape index (κ2) is 7.27. The van der Waals surface area contributed by atoms with E-state index in [2.05, 4.69) is 15.3 Å². The first kappa shape index (κ1) is 16.2. The van der Waals surface area contributed by atoms with Crippen LogP contribution in [0.2, 0.25) is 0 Å². The Labute approximate surface area is 143 Å². The maximum absolute atomic E-state index is 12.2. The molecule has 2 aromatic rings. The molecule has 2 aromatic heterocycles. The zero-order valence-electron chi connectivity index (χ0n) is 13.4. The zero-order valence-corrected chi connectivity index (χ0v) is 14.2. The molecule has 3 rings (SSSR count). The molecule has 2 heterocycles. The first-order valence-corrected chi connectivity index (χ1v) is 8.25. The monoisotopic (exact) mass is 343 g/mol. The number of carbonyl (C=O) groups excluding carboxylic acids is 1. The Balaban J connectivity index is 1.73. The average Bonchev–Trinajstić information content (AvgIpc) is 3.10. The molecule has 1 atom stereocenters. The van der Waals surface area contributed by atoms with Gasteiger partial charge in [-0.3, -0.25) is 15.1 Å². The summed E-state index contributed by atoms with van der Waals surface area (Å²) < 4.78 is 10.7. The molecule has 0 saturated heterocycles. The first-order valence-electron chi connectivity index (χ1n) is 7.37. The molecule has 0 bridgehead atoms. The van der Waals surface area contributed by atoms with Gasteiger partial charge in [0.1, 0.15) is 11.5 Å². The number of methoxy groups -OCH3 is 2. The van der Waals surface area contributed by atoms with E-state index in [1.165, 1.54) is 11.3 Å². The summed E-state index contributed by atoms with van der Waals surface area (Å²) in [5.74, 6) is 1.40. The summed E-state index contributed by atoms with van der Waals surface area (Å²) in [7, 11) is 3.27. The van der Waals surface area contributed by atoms with Gasteiger partial charge in [-0.15, -0.1) is 11.3 Å². The van der Waals surface area contributed by atoms with Crippen LogP contribution in [0, 0.1) is 0 Å². The van der Waals surface area contributed by atoms with E-state index < -0.39 is 0 Å². The van der Waals surface area contributed by atoms with Gasteiger partial charge in [0.2, 0.25) is 0 Å². The van der Waals surface area contributed by atoms with E-state index in [1.54, 1.807) is 38.7 Å². The smallest absolute Gasteiger partial charge is 0.257 e. The van der Waals surface area contributed by atoms with E-state index in [0.29, 0.717) is 10.7 Å². The van der Waals surface area contributed by atoms with Crippen LogP contribution >= 0.6 is 11.3 Å². The Hall–Kier alpha value is -2.67. The van der Waals surface area contributed by atoms with Crippen molar-refractivity contribution in [2.75, 3.05) is 19.5 Å². The summed E-state index contributed by atoms with van der Waals surface area (Å²) >= 11 is 1.39. The number of hydrogen-bond donors (Lipinski definition) is 1. The van der Waals surface area contributed by atoms with Crippen LogP contribution in [-0.4, -0.2) is 30.1 Å². The number of anilines is 1. The summed E-state index contributed by atoms with van der Waals surface area (Å²) in [6, 6.07) is 3.32. The van der Waals surface area contributed by atoms with Gasteiger partial charge < -0.3 is 9.47 Å². The highest BCUT2D eigenvalue weighted by Crippen LogP contribution is 2.35. The Bertz CT molecular complexity index is 783. The van der Waals surface area contributed by atoms with Gasteiger partial charge in [-0.05, 0) is 24.6 Å². The Morgan fingerprint density at radius 2 is 2.08 bits per heavy atom. The summed E-state index contributed by atoms with van der Waals surface area (Å²) in [5.41, 5.74) is 1.41. The Morgan fingerprint density at radius 1 is 1.29 bits per heavy atom. The number of allylic oxidation sites excluding steroid dienone is 3. The van der Waals surface area contributed by atoms with E-state index in [9.17, 15) is 4.79 Å². The third kappa shape index (κ3) is 3.46. The van der Waals surface area contributed by atoms with Crippen LogP contribution in [0.4, 0.5) is 5.13 Å². The number of aromatic nitrogens is 2. The molecule has 124 valence electrons. The summed E-state index contributed by atoms with van der Waals surface area (Å²) in [5, 5.41) is 5.31. The number of nitrogens with zero attached hydrogens (tertiary/aromatic N) is 2. The van der Waals surface area contributed by atoms with Crippen molar-refractivity contribution in [3.8, 4) is 0 Å². The lowest BCUT2D eigenvalue weighted by Crippen LogP contribution is -2.12. The Morgan fingerprint density at radius 3 is 2.79 bits per heavy atom. The van der Waals surface area contributed by atoms with Crippen LogP contribution in [0.3, 0.4) is 0 Å². The number of thiazole rings is 1. The normalized spacial score (nSPS) is 16.8. The highest BCUT2D eigenvalue weighted by Gasteiger charge is 2.24. The van der Waals surface area contributed by atoms with Gasteiger partial charge >= 0.3 is 0 Å². The molecule has 7 heteroatoms. The molecular weight excluding hydrogens is 326 g/mol. The van der Waals surface area contributed by atoms with Gasteiger partial charge in [-0.2, -0.15) is 0 Å². The molecule has 0 fully saturated rings. The molecule has 24 heavy (non-hydrogen) atoms. The van der Waals surface area contributed by atoms with Crippen molar-refractivity contribution >= 4 is 22.4 Å². The van der Waals surface area contributed by atoms with Gasteiger partial charge in [0.15, 0.2) is 5.13 Å². The van der Waals surface area contributed by atoms with E-state index >= 15 is 0 Å². The number of amides is 1. The Kier molecular flexibility index (Phi) is 4.90. The summed E-state index contributed by atoms with van der Waals surface area (Å²) in [4.78, 5) is 20.6. The standard InChI is InChI=1S/C17H17N3O3S/c1-22-12-3-4-13(15(9-12)23-2)14-10-24-17(19-14)20-16(21)11-5-7-18-8-6-11/h3,5-10,13H,4H2,1-2H3,(H,19,20,21). The predicted octanol–water partition coefficient (Wildman–Crippen LogP) is 3.34. The van der Waals surface area contributed by atoms with Crippen molar-refractivity contribution in [1.82, 2.24) is 9.97 Å². The third-order valence-corrected chi connectivity index (χ3v) is 4.47. The molecule has 0 spiro atoms. The van der Waals surface area contributed by atoms with Gasteiger partial charge in [-0.1, -0.05) is 0 Å². The second-order valence-corrected chi connectivity index (χ2v) is 5.98. The molecule has 6 nitrogen and oxygen atoms in total. The van der Waals surface area contributed by atoms with Crippen LogP contribution in [0.25, 0.3) is 0 Å². The number of hydrogen-bond acceptors (Lipinski definition) is 6. The minimum absolute atomic E-state index is 0.0247. The fourth-order valence-corrected chi connectivity index (χ4v) is 3.20. The largest absolute Gasteiger partial charge is 0.500 e. The van der Waals surface area contributed by atoms with Crippen molar-refractivity contribution < 1.29 is 14.3 Å². The molecule has 1 amide bonds. The average molecular weight is 343 g/mol. The summed E-state index contributed by atoms with van der Waals surface area (Å²) in [6.45, 7) is 0. The first-order chi connectivity index (χ1) is 11.7. The van der Waals surface area contributed by atoms with Crippen LogP contribution in [0.1, 0.15) is 28.4 Å². The molecule has 0 saturated carbocycles. The minimum Gasteiger partial charge on any atom is -0.500 e. The topological polar surface area (TPSA) is 73.3 Å². The van der Waals surface area contributed by atoms with Crippen LogP contribution < -0.4 is 5.32 Å². The number of ether oxygens (including phenoxy) is 2. The molecule has 0 aromatic carbocycles. The van der Waals surface area contributed by atoms with Crippen molar-refractivity contribution in [1.29, 1.82) is 0 Å². The van der Waals surface area contributed by atoms with Gasteiger partial charge in [-0.25, -0.2) is 4.98 Å². The lowest BCUT2D eigenvalue weighted by molar-refractivity contribution is 0.102. The molecule has 1 aliphatic rings. The van der Waals surface area contributed by atoms with Gasteiger partial charge in [0.25, 0.3) is 5.91 Å². The number of carbonyl (C=O) groups is 1. The molecule has 1 unspecified atom stereocenters. The van der Waals surface area contributed by atoms with Crippen LogP contribution in [0.5, 0.6) is 0 Å². The van der Waals surface area contributed by atoms with E-state index in [-0.39, 0.29) is 11.8 Å². The van der Waals surface area contributed by atoms with Crippen LogP contribution in [0.15, 0.2) is 53.6 Å². The lowest BCUT2D eigenvalue weighted by Gasteiger charge is -2.20. The van der Waals surface area contributed by atoms with Crippen molar-refractivity contribution in [3.63, 3.8) is 0 Å².